The minimum atomic E-state index is -0.571. The monoisotopic (exact) mass is 323 g/mol. The molecule has 1 rings (SSSR count). The molecule has 0 bridgehead atoms. The van der Waals surface area contributed by atoms with Crippen LogP contribution in [0.15, 0.2) is 18.2 Å². The van der Waals surface area contributed by atoms with Crippen LogP contribution < -0.4 is 10.5 Å². The lowest BCUT2D eigenvalue weighted by molar-refractivity contribution is 0.182. The highest BCUT2D eigenvalue weighted by atomic mass is 16.5. The molecule has 0 aromatic heterocycles. The third-order valence-electron chi connectivity index (χ3n) is 4.41. The molecule has 0 amide bonds. The van der Waals surface area contributed by atoms with Crippen molar-refractivity contribution in [3.05, 3.63) is 23.8 Å². The molecule has 23 heavy (non-hydrogen) atoms. The highest BCUT2D eigenvalue weighted by molar-refractivity contribution is 5.39. The number of aryl methyl sites for hydroxylation is 1. The van der Waals surface area contributed by atoms with Crippen LogP contribution in [-0.4, -0.2) is 29.0 Å². The maximum atomic E-state index is 10.1. The van der Waals surface area contributed by atoms with Gasteiger partial charge in [-0.2, -0.15) is 0 Å². The fraction of sp³-hybridized carbons (Fsp3) is 0.684. The Bertz CT molecular complexity index is 456. The minimum absolute atomic E-state index is 0.0398. The van der Waals surface area contributed by atoms with E-state index in [-0.39, 0.29) is 12.4 Å². The van der Waals surface area contributed by atoms with Crippen molar-refractivity contribution in [3.8, 4) is 11.5 Å². The average Bonchev–Trinajstić information content (AvgIpc) is 2.53. The van der Waals surface area contributed by atoms with Crippen LogP contribution >= 0.6 is 0 Å². The minimum Gasteiger partial charge on any atom is -0.508 e. The van der Waals surface area contributed by atoms with E-state index in [0.29, 0.717) is 31.6 Å². The molecule has 4 nitrogen and oxygen atoms in total. The van der Waals surface area contributed by atoms with Gasteiger partial charge < -0.3 is 20.7 Å². The van der Waals surface area contributed by atoms with Crippen molar-refractivity contribution < 1.29 is 14.9 Å². The molecular formula is C19H33NO3. The molecule has 4 heteroatoms. The molecule has 1 aromatic rings. The van der Waals surface area contributed by atoms with E-state index >= 15 is 0 Å². The van der Waals surface area contributed by atoms with Crippen molar-refractivity contribution in [1.29, 1.82) is 0 Å². The maximum absolute atomic E-state index is 10.1. The summed E-state index contributed by atoms with van der Waals surface area (Å²) in [5.74, 6) is 1.67. The van der Waals surface area contributed by atoms with E-state index < -0.39 is 5.54 Å². The van der Waals surface area contributed by atoms with Crippen molar-refractivity contribution in [2.75, 3.05) is 13.2 Å². The van der Waals surface area contributed by atoms with E-state index in [2.05, 4.69) is 13.8 Å². The van der Waals surface area contributed by atoms with E-state index in [4.69, 9.17) is 10.5 Å². The number of hydrogen-bond donors (Lipinski definition) is 3. The Morgan fingerprint density at radius 1 is 1.26 bits per heavy atom. The molecular weight excluding hydrogens is 290 g/mol. The summed E-state index contributed by atoms with van der Waals surface area (Å²) in [6, 6.07) is 5.44. The molecule has 0 aliphatic carbocycles. The number of unbranched alkanes of at least 4 members (excludes halogenated alkanes) is 1. The van der Waals surface area contributed by atoms with Gasteiger partial charge in [-0.15, -0.1) is 0 Å². The molecule has 0 saturated heterocycles. The fourth-order valence-electron chi connectivity index (χ4n) is 2.44. The number of aliphatic hydroxyl groups excluding tert-OH is 1. The van der Waals surface area contributed by atoms with Gasteiger partial charge in [0.25, 0.3) is 0 Å². The average molecular weight is 323 g/mol. The fourth-order valence-corrected chi connectivity index (χ4v) is 2.44. The quantitative estimate of drug-likeness (QED) is 0.544. The number of phenolic OH excluding ortho intramolecular Hbond substituents is 1. The van der Waals surface area contributed by atoms with E-state index in [0.717, 1.165) is 17.9 Å². The topological polar surface area (TPSA) is 75.7 Å². The van der Waals surface area contributed by atoms with Crippen molar-refractivity contribution in [2.45, 2.75) is 64.8 Å². The van der Waals surface area contributed by atoms with E-state index in [1.807, 2.05) is 19.1 Å². The van der Waals surface area contributed by atoms with Gasteiger partial charge in [-0.1, -0.05) is 33.3 Å². The number of nitrogens with two attached hydrogens (primary N) is 1. The van der Waals surface area contributed by atoms with Gasteiger partial charge in [0.15, 0.2) is 0 Å². The molecule has 0 fully saturated rings. The van der Waals surface area contributed by atoms with Crippen LogP contribution in [0.3, 0.4) is 0 Å². The van der Waals surface area contributed by atoms with Gasteiger partial charge in [-0.05, 0) is 49.7 Å². The zero-order chi connectivity index (χ0) is 17.3. The van der Waals surface area contributed by atoms with Gasteiger partial charge in [-0.25, -0.2) is 0 Å². The molecule has 1 aromatic carbocycles. The van der Waals surface area contributed by atoms with Gasteiger partial charge in [-0.3, -0.25) is 0 Å². The predicted molar refractivity (Wildman–Crippen MR) is 94.9 cm³/mol. The lowest BCUT2D eigenvalue weighted by Gasteiger charge is -2.25. The highest BCUT2D eigenvalue weighted by Crippen LogP contribution is 2.26. The van der Waals surface area contributed by atoms with Crippen LogP contribution in [-0.2, 0) is 6.42 Å². The first-order valence-electron chi connectivity index (χ1n) is 8.74. The number of benzene rings is 1. The van der Waals surface area contributed by atoms with E-state index in [1.54, 1.807) is 6.07 Å². The molecule has 0 saturated carbocycles. The Balaban J connectivity index is 2.45. The third kappa shape index (κ3) is 7.23. The Kier molecular flexibility index (Phi) is 8.42. The van der Waals surface area contributed by atoms with Crippen molar-refractivity contribution >= 4 is 0 Å². The Labute approximate surface area is 140 Å². The lowest BCUT2D eigenvalue weighted by atomic mass is 9.90. The standard InChI is InChI=1S/C19H33NO3/c1-4-19(20,14-21)11-10-16-8-9-17(13-18(16)22)23-12-6-5-7-15(2)3/h8-9,13,15,21-22H,4-7,10-12,14,20H2,1-3H3. The highest BCUT2D eigenvalue weighted by Gasteiger charge is 2.21. The summed E-state index contributed by atoms with van der Waals surface area (Å²) in [4.78, 5) is 0. The number of phenols is 1. The number of hydrogen-bond acceptors (Lipinski definition) is 4. The summed E-state index contributed by atoms with van der Waals surface area (Å²) >= 11 is 0. The SMILES string of the molecule is CCC(N)(CO)CCc1ccc(OCCCCC(C)C)cc1O. The third-order valence-corrected chi connectivity index (χ3v) is 4.41. The number of aromatic hydroxyl groups is 1. The van der Waals surface area contributed by atoms with Crippen LogP contribution in [0.1, 0.15) is 58.4 Å². The normalized spacial score (nSPS) is 14.0. The molecule has 132 valence electrons. The van der Waals surface area contributed by atoms with Crippen molar-refractivity contribution in [2.24, 2.45) is 11.7 Å². The zero-order valence-electron chi connectivity index (χ0n) is 14.8. The predicted octanol–water partition coefficient (Wildman–Crippen LogP) is 3.63. The molecule has 0 spiro atoms. The first-order chi connectivity index (χ1) is 10.9. The molecule has 4 N–H and O–H groups in total. The molecule has 1 atom stereocenters. The Hall–Kier alpha value is -1.26. The largest absolute Gasteiger partial charge is 0.508 e. The second-order valence-electron chi connectivity index (χ2n) is 6.90. The first-order valence-corrected chi connectivity index (χ1v) is 8.74. The Morgan fingerprint density at radius 2 is 2.00 bits per heavy atom. The maximum Gasteiger partial charge on any atom is 0.122 e. The van der Waals surface area contributed by atoms with Gasteiger partial charge in [0.05, 0.1) is 13.2 Å². The number of ether oxygens (including phenoxy) is 1. The summed E-state index contributed by atoms with van der Waals surface area (Å²) in [7, 11) is 0. The second kappa shape index (κ2) is 9.78. The van der Waals surface area contributed by atoms with E-state index in [9.17, 15) is 10.2 Å². The molecule has 1 unspecified atom stereocenters. The second-order valence-corrected chi connectivity index (χ2v) is 6.90. The van der Waals surface area contributed by atoms with Crippen LogP contribution in [0.25, 0.3) is 0 Å². The molecule has 0 heterocycles. The molecule has 0 radical (unpaired) electrons. The van der Waals surface area contributed by atoms with Crippen LogP contribution in [0.5, 0.6) is 11.5 Å². The Morgan fingerprint density at radius 3 is 2.57 bits per heavy atom. The molecule has 0 aliphatic heterocycles. The summed E-state index contributed by atoms with van der Waals surface area (Å²) < 4.78 is 5.69. The lowest BCUT2D eigenvalue weighted by Crippen LogP contribution is -2.43. The smallest absolute Gasteiger partial charge is 0.122 e. The molecule has 0 aliphatic rings. The van der Waals surface area contributed by atoms with Crippen molar-refractivity contribution in [1.82, 2.24) is 0 Å². The van der Waals surface area contributed by atoms with Crippen LogP contribution in [0.2, 0.25) is 0 Å². The van der Waals surface area contributed by atoms with Crippen molar-refractivity contribution in [3.63, 3.8) is 0 Å². The van der Waals surface area contributed by atoms with Gasteiger partial charge in [0, 0.05) is 11.6 Å². The zero-order valence-corrected chi connectivity index (χ0v) is 14.8. The first kappa shape index (κ1) is 19.8. The summed E-state index contributed by atoms with van der Waals surface area (Å²) in [5, 5.41) is 19.5. The van der Waals surface area contributed by atoms with Gasteiger partial charge >= 0.3 is 0 Å². The summed E-state index contributed by atoms with van der Waals surface area (Å²) in [5.41, 5.74) is 6.35. The number of rotatable bonds is 11. The van der Waals surface area contributed by atoms with Gasteiger partial charge in [0.1, 0.15) is 11.5 Å². The summed E-state index contributed by atoms with van der Waals surface area (Å²) in [6.07, 6.45) is 5.41. The van der Waals surface area contributed by atoms with Crippen LogP contribution in [0, 0.1) is 5.92 Å². The van der Waals surface area contributed by atoms with Crippen LogP contribution in [0.4, 0.5) is 0 Å². The summed E-state index contributed by atoms with van der Waals surface area (Å²) in [6.45, 7) is 7.05. The van der Waals surface area contributed by atoms with E-state index in [1.165, 1.54) is 12.8 Å². The number of aliphatic hydroxyl groups is 1. The van der Waals surface area contributed by atoms with Gasteiger partial charge in [0.2, 0.25) is 0 Å².